The Morgan fingerprint density at radius 3 is 1.08 bits per heavy atom. The van der Waals surface area contributed by atoms with Crippen LogP contribution >= 0.6 is 0 Å². The molecule has 0 saturated carbocycles. The molecule has 0 aromatic heterocycles. The van der Waals surface area contributed by atoms with Gasteiger partial charge >= 0.3 is 0 Å². The summed E-state index contributed by atoms with van der Waals surface area (Å²) in [6.07, 6.45) is 2.84. The number of carbonyl (C=O) groups is 2. The van der Waals surface area contributed by atoms with Crippen LogP contribution in [0, 0.1) is 41.5 Å². The number of rotatable bonds is 9. The average molecular weight is 576 g/mol. The maximum Gasteiger partial charge on any atom is 0.164 e. The first-order valence-corrected chi connectivity index (χ1v) is 12.7. The fourth-order valence-electron chi connectivity index (χ4n) is 5.13. The van der Waals surface area contributed by atoms with Gasteiger partial charge in [-0.15, -0.1) is 0 Å². The van der Waals surface area contributed by atoms with Crippen LogP contribution in [0.3, 0.4) is 0 Å². The van der Waals surface area contributed by atoms with Crippen molar-refractivity contribution in [2.45, 2.75) is 81.3 Å². The van der Waals surface area contributed by atoms with E-state index < -0.39 is 12.1 Å². The van der Waals surface area contributed by atoms with Gasteiger partial charge in [-0.2, -0.15) is 0 Å². The molecule has 7 heteroatoms. The molecule has 2 aromatic carbocycles. The van der Waals surface area contributed by atoms with Crippen molar-refractivity contribution in [3.8, 4) is 0 Å². The van der Waals surface area contributed by atoms with Crippen LogP contribution < -0.4 is 0 Å². The van der Waals surface area contributed by atoms with Crippen LogP contribution in [0.1, 0.15) is 84.3 Å². The number of Topliss-reactive ketones (excluding diaryl/α,β-unsaturated/α-hetero) is 2. The first-order valence-electron chi connectivity index (χ1n) is 12.7. The van der Waals surface area contributed by atoms with E-state index in [0.717, 1.165) is 44.5 Å². The molecular weight excluding hydrogens is 535 g/mol. The van der Waals surface area contributed by atoms with Gasteiger partial charge in [0.05, 0.1) is 11.1 Å². The maximum absolute atomic E-state index is 12.3. The van der Waals surface area contributed by atoms with E-state index >= 15 is 0 Å². The minimum absolute atomic E-state index is 0. The molecule has 0 amide bonds. The molecule has 0 heterocycles. The maximum atomic E-state index is 12.3. The molecule has 0 spiro atoms. The number of hydrogen-bond acceptors (Lipinski definition) is 6. The molecule has 0 aliphatic carbocycles. The van der Waals surface area contributed by atoms with Gasteiger partial charge in [-0.05, 0) is 103 Å². The molecular formula is C32H40CoN2O4. The molecule has 2 aromatic rings. The van der Waals surface area contributed by atoms with Crippen molar-refractivity contribution in [2.24, 2.45) is 9.98 Å². The summed E-state index contributed by atoms with van der Waals surface area (Å²) >= 11 is 0. The Hall–Kier alpha value is -3.29. The van der Waals surface area contributed by atoms with E-state index in [9.17, 15) is 19.8 Å². The molecule has 39 heavy (non-hydrogen) atoms. The number of aliphatic hydroxyl groups is 2. The number of nitrogens with zero attached hydrogens (tertiary/aromatic N) is 2. The van der Waals surface area contributed by atoms with Crippen molar-refractivity contribution < 1.29 is 36.6 Å². The Morgan fingerprint density at radius 1 is 0.615 bits per heavy atom. The van der Waals surface area contributed by atoms with Crippen LogP contribution in [0.5, 0.6) is 0 Å². The summed E-state index contributed by atoms with van der Waals surface area (Å²) in [4.78, 5) is 34.3. The molecule has 1 radical (unpaired) electrons. The summed E-state index contributed by atoms with van der Waals surface area (Å²) in [5.74, 6) is -0.828. The second-order valence-electron chi connectivity index (χ2n) is 10.2. The Morgan fingerprint density at radius 2 is 0.872 bits per heavy atom. The van der Waals surface area contributed by atoms with Gasteiger partial charge in [0.1, 0.15) is 23.6 Å². The molecule has 211 valence electrons. The first-order chi connectivity index (χ1) is 17.6. The van der Waals surface area contributed by atoms with Crippen LogP contribution in [-0.4, -0.2) is 34.2 Å². The minimum atomic E-state index is -0.590. The van der Waals surface area contributed by atoms with Gasteiger partial charge in [-0.25, -0.2) is 0 Å². The van der Waals surface area contributed by atoms with E-state index in [1.807, 2.05) is 41.5 Å². The molecule has 0 fully saturated rings. The van der Waals surface area contributed by atoms with Gasteiger partial charge in [0.2, 0.25) is 0 Å². The quantitative estimate of drug-likeness (QED) is 0.186. The molecule has 0 unspecified atom stereocenters. The Bertz CT molecular complexity index is 1220. The molecule has 6 nitrogen and oxygen atoms in total. The minimum Gasteiger partial charge on any atom is -0.512 e. The van der Waals surface area contributed by atoms with E-state index in [1.165, 1.54) is 40.1 Å². The number of aliphatic imine (C=N–C) groups is 2. The first kappa shape index (κ1) is 33.7. The van der Waals surface area contributed by atoms with Crippen LogP contribution in [0.2, 0.25) is 0 Å². The number of aryl methyl sites for hydroxylation is 6. The third-order valence-electron chi connectivity index (χ3n) is 6.63. The molecule has 0 aliphatic heterocycles. The summed E-state index contributed by atoms with van der Waals surface area (Å²) in [6, 6.07) is 7.15. The van der Waals surface area contributed by atoms with Gasteiger partial charge in [0.15, 0.2) is 11.6 Å². The zero-order valence-electron chi connectivity index (χ0n) is 24.6. The predicted molar refractivity (Wildman–Crippen MR) is 156 cm³/mol. The van der Waals surface area contributed by atoms with Crippen molar-refractivity contribution in [3.05, 3.63) is 91.4 Å². The van der Waals surface area contributed by atoms with Crippen molar-refractivity contribution in [1.82, 2.24) is 0 Å². The summed E-state index contributed by atoms with van der Waals surface area (Å²) in [6.45, 7) is 17.8. The number of aliphatic hydroxyl groups excluding tert-OH is 2. The molecule has 0 aliphatic rings. The van der Waals surface area contributed by atoms with Gasteiger partial charge in [-0.3, -0.25) is 19.6 Å². The fraction of sp³-hybridized carbons (Fsp3) is 0.375. The summed E-state index contributed by atoms with van der Waals surface area (Å²) in [5, 5.41) is 20.3. The molecule has 2 N–H and O–H groups in total. The van der Waals surface area contributed by atoms with Crippen molar-refractivity contribution in [1.29, 1.82) is 0 Å². The van der Waals surface area contributed by atoms with Gasteiger partial charge in [-0.1, -0.05) is 35.4 Å². The summed E-state index contributed by atoms with van der Waals surface area (Å²) in [7, 11) is 0. The fourth-order valence-corrected chi connectivity index (χ4v) is 5.13. The topological polar surface area (TPSA) is 99.3 Å². The second kappa shape index (κ2) is 14.2. The Balaban J connectivity index is 0.00000760. The third-order valence-corrected chi connectivity index (χ3v) is 6.63. The smallest absolute Gasteiger partial charge is 0.164 e. The predicted octanol–water partition coefficient (Wildman–Crippen LogP) is 7.30. The largest absolute Gasteiger partial charge is 0.512 e. The summed E-state index contributed by atoms with van der Waals surface area (Å²) in [5.41, 5.74) is 8.42. The van der Waals surface area contributed by atoms with E-state index in [4.69, 9.17) is 9.98 Å². The van der Waals surface area contributed by atoms with Gasteiger partial charge in [0, 0.05) is 29.2 Å². The number of benzene rings is 2. The Labute approximate surface area is 242 Å². The normalized spacial score (nSPS) is 14.5. The molecule has 2 rings (SSSR count). The van der Waals surface area contributed by atoms with Crippen LogP contribution in [0.4, 0.5) is 0 Å². The Kier molecular flexibility index (Phi) is 12.3. The van der Waals surface area contributed by atoms with E-state index in [1.54, 1.807) is 0 Å². The van der Waals surface area contributed by atoms with Gasteiger partial charge in [0.25, 0.3) is 0 Å². The van der Waals surface area contributed by atoms with Crippen LogP contribution in [0.15, 0.2) is 56.9 Å². The monoisotopic (exact) mass is 575 g/mol. The average Bonchev–Trinajstić information content (AvgIpc) is 2.74. The summed E-state index contributed by atoms with van der Waals surface area (Å²) < 4.78 is 0. The van der Waals surface area contributed by atoms with Crippen molar-refractivity contribution >= 4 is 24.0 Å². The van der Waals surface area contributed by atoms with Gasteiger partial charge < -0.3 is 10.2 Å². The SMILES string of the molecule is CC(=O)/C(C=N[C@@H](c1c(C)cc(C)cc1C)[C@@H](N=C/C(C(C)=O)=C(/C)O)c1c(C)cc(C)cc1C)=C(\C)O.[Co]. The third kappa shape index (κ3) is 8.34. The molecule has 0 saturated heterocycles. The molecule has 0 bridgehead atoms. The number of allylic oxidation sites excluding steroid dienone is 4. The number of carbonyl (C=O) groups excluding carboxylic acids is 2. The molecule has 2 atom stereocenters. The van der Waals surface area contributed by atoms with Crippen LogP contribution in [0.25, 0.3) is 0 Å². The van der Waals surface area contributed by atoms with Crippen molar-refractivity contribution in [2.75, 3.05) is 0 Å². The van der Waals surface area contributed by atoms with E-state index in [0.29, 0.717) is 0 Å². The van der Waals surface area contributed by atoms with E-state index in [-0.39, 0.29) is 51.0 Å². The second-order valence-corrected chi connectivity index (χ2v) is 10.2. The number of ketones is 2. The zero-order chi connectivity index (χ0) is 28.9. The number of hydrogen-bond donors (Lipinski definition) is 2. The standard InChI is InChI=1S/C32H40N2O4.Co/c1-17-11-19(3)29(20(4)12-17)31(33-15-27(23(7)35)24(8)36)32(34-16-28(25(9)37)26(10)38)30-21(5)13-18(2)14-22(30)6;/h11-16,31-32,35,37H,1-10H3;/b27-23+,28-25+,33-15?,34-16?;/t31-,32-;/m0./s1. The van der Waals surface area contributed by atoms with Crippen LogP contribution in [-0.2, 0) is 26.4 Å². The van der Waals surface area contributed by atoms with E-state index in [2.05, 4.69) is 24.3 Å². The van der Waals surface area contributed by atoms with Crippen molar-refractivity contribution in [3.63, 3.8) is 0 Å². The zero-order valence-corrected chi connectivity index (χ0v) is 25.6.